The highest BCUT2D eigenvalue weighted by Crippen LogP contribution is 2.06. The lowest BCUT2D eigenvalue weighted by molar-refractivity contribution is 0.0957. The van der Waals surface area contributed by atoms with Gasteiger partial charge >= 0.3 is 0 Å². The number of terminal acetylenes is 1. The summed E-state index contributed by atoms with van der Waals surface area (Å²) in [6, 6.07) is 3.24. The summed E-state index contributed by atoms with van der Waals surface area (Å²) in [5, 5.41) is 13.3. The molecular formula is C12H16N4O. The summed E-state index contributed by atoms with van der Waals surface area (Å²) in [6.45, 7) is 2.06. The molecule has 0 saturated carbocycles. The number of amides is 1. The molecule has 5 nitrogen and oxygen atoms in total. The summed E-state index contributed by atoms with van der Waals surface area (Å²) < 4.78 is 0. The van der Waals surface area contributed by atoms with Gasteiger partial charge in [-0.3, -0.25) is 4.79 Å². The van der Waals surface area contributed by atoms with Gasteiger partial charge in [0.1, 0.15) is 5.82 Å². The summed E-state index contributed by atoms with van der Waals surface area (Å²) in [4.78, 5) is 11.2. The first-order chi connectivity index (χ1) is 8.21. The third-order valence-electron chi connectivity index (χ3n) is 2.22. The third-order valence-corrected chi connectivity index (χ3v) is 2.22. The van der Waals surface area contributed by atoms with Crippen LogP contribution >= 0.6 is 0 Å². The molecule has 0 spiro atoms. The van der Waals surface area contributed by atoms with E-state index in [1.165, 1.54) is 0 Å². The standard InChI is InChI=1S/C12H16N4O/c1-4-6-9(5-2)14-11-8-7-10(15-16-11)12(17)13-3/h2,7-9H,4,6H2,1,3H3,(H,13,17)(H,14,16). The number of anilines is 1. The molecule has 1 aromatic rings. The molecule has 1 unspecified atom stereocenters. The van der Waals surface area contributed by atoms with Crippen LogP contribution in [0.1, 0.15) is 30.3 Å². The van der Waals surface area contributed by atoms with E-state index >= 15 is 0 Å². The monoisotopic (exact) mass is 232 g/mol. The van der Waals surface area contributed by atoms with Gasteiger partial charge in [0.05, 0.1) is 6.04 Å². The van der Waals surface area contributed by atoms with Gasteiger partial charge in [0.15, 0.2) is 5.69 Å². The van der Waals surface area contributed by atoms with Crippen molar-refractivity contribution in [2.45, 2.75) is 25.8 Å². The zero-order valence-electron chi connectivity index (χ0n) is 10.0. The average molecular weight is 232 g/mol. The van der Waals surface area contributed by atoms with E-state index in [4.69, 9.17) is 6.42 Å². The van der Waals surface area contributed by atoms with Crippen LogP contribution in [0.2, 0.25) is 0 Å². The summed E-state index contributed by atoms with van der Waals surface area (Å²) in [6.07, 6.45) is 7.24. The van der Waals surface area contributed by atoms with Crippen LogP contribution in [0.25, 0.3) is 0 Å². The van der Waals surface area contributed by atoms with E-state index in [2.05, 4.69) is 33.7 Å². The van der Waals surface area contributed by atoms with Crippen LogP contribution in [0.3, 0.4) is 0 Å². The maximum atomic E-state index is 11.2. The zero-order chi connectivity index (χ0) is 12.7. The van der Waals surface area contributed by atoms with E-state index in [1.54, 1.807) is 19.2 Å². The van der Waals surface area contributed by atoms with Crippen LogP contribution in [-0.2, 0) is 0 Å². The smallest absolute Gasteiger partial charge is 0.271 e. The van der Waals surface area contributed by atoms with Gasteiger partial charge < -0.3 is 10.6 Å². The molecule has 0 saturated heterocycles. The maximum absolute atomic E-state index is 11.2. The molecule has 0 bridgehead atoms. The molecule has 1 amide bonds. The molecule has 1 heterocycles. The molecule has 0 aliphatic rings. The summed E-state index contributed by atoms with van der Waals surface area (Å²) >= 11 is 0. The summed E-state index contributed by atoms with van der Waals surface area (Å²) in [5.74, 6) is 2.96. The predicted octanol–water partition coefficient (Wildman–Crippen LogP) is 1.05. The number of nitrogens with one attached hydrogen (secondary N) is 2. The van der Waals surface area contributed by atoms with Gasteiger partial charge in [-0.1, -0.05) is 19.3 Å². The number of hydrogen-bond acceptors (Lipinski definition) is 4. The Morgan fingerprint density at radius 1 is 1.53 bits per heavy atom. The van der Waals surface area contributed by atoms with E-state index in [9.17, 15) is 4.79 Å². The van der Waals surface area contributed by atoms with Crippen molar-refractivity contribution in [2.75, 3.05) is 12.4 Å². The van der Waals surface area contributed by atoms with Crippen molar-refractivity contribution in [1.82, 2.24) is 15.5 Å². The molecular weight excluding hydrogens is 216 g/mol. The van der Waals surface area contributed by atoms with Gasteiger partial charge in [-0.15, -0.1) is 16.6 Å². The summed E-state index contributed by atoms with van der Waals surface area (Å²) in [7, 11) is 1.55. The predicted molar refractivity (Wildman–Crippen MR) is 66.6 cm³/mol. The normalized spacial score (nSPS) is 11.4. The van der Waals surface area contributed by atoms with Gasteiger partial charge in [0.2, 0.25) is 0 Å². The zero-order valence-corrected chi connectivity index (χ0v) is 10.0. The minimum atomic E-state index is -0.258. The van der Waals surface area contributed by atoms with Crippen molar-refractivity contribution in [3.8, 4) is 12.3 Å². The molecule has 1 atom stereocenters. The molecule has 90 valence electrons. The van der Waals surface area contributed by atoms with Crippen molar-refractivity contribution in [3.63, 3.8) is 0 Å². The molecule has 0 aliphatic heterocycles. The lowest BCUT2D eigenvalue weighted by Gasteiger charge is -2.11. The van der Waals surface area contributed by atoms with Crippen molar-refractivity contribution < 1.29 is 4.79 Å². The molecule has 0 radical (unpaired) electrons. The van der Waals surface area contributed by atoms with E-state index in [-0.39, 0.29) is 17.6 Å². The average Bonchev–Trinajstić information content (AvgIpc) is 2.38. The molecule has 2 N–H and O–H groups in total. The number of carbonyl (C=O) groups excluding carboxylic acids is 1. The lowest BCUT2D eigenvalue weighted by atomic mass is 10.2. The van der Waals surface area contributed by atoms with Crippen molar-refractivity contribution in [1.29, 1.82) is 0 Å². The molecule has 5 heteroatoms. The molecule has 17 heavy (non-hydrogen) atoms. The Morgan fingerprint density at radius 3 is 2.76 bits per heavy atom. The second kappa shape index (κ2) is 6.48. The fourth-order valence-corrected chi connectivity index (χ4v) is 1.32. The fourth-order valence-electron chi connectivity index (χ4n) is 1.32. The van der Waals surface area contributed by atoms with Crippen molar-refractivity contribution >= 4 is 11.7 Å². The molecule has 1 rings (SSSR count). The molecule has 0 aromatic carbocycles. The highest BCUT2D eigenvalue weighted by molar-refractivity contribution is 5.91. The minimum absolute atomic E-state index is 0.0554. The van der Waals surface area contributed by atoms with Crippen LogP contribution in [0.5, 0.6) is 0 Å². The van der Waals surface area contributed by atoms with Crippen LogP contribution < -0.4 is 10.6 Å². The Balaban J connectivity index is 2.68. The number of hydrogen-bond donors (Lipinski definition) is 2. The quantitative estimate of drug-likeness (QED) is 0.745. The van der Waals surface area contributed by atoms with Gasteiger partial charge in [-0.25, -0.2) is 0 Å². The summed E-state index contributed by atoms with van der Waals surface area (Å²) in [5.41, 5.74) is 0.283. The number of carbonyl (C=O) groups is 1. The van der Waals surface area contributed by atoms with Crippen LogP contribution in [0, 0.1) is 12.3 Å². The van der Waals surface area contributed by atoms with Crippen molar-refractivity contribution in [2.24, 2.45) is 0 Å². The maximum Gasteiger partial charge on any atom is 0.271 e. The van der Waals surface area contributed by atoms with Gasteiger partial charge in [0, 0.05) is 7.05 Å². The van der Waals surface area contributed by atoms with E-state index in [1.807, 2.05) is 0 Å². The number of nitrogens with zero attached hydrogens (tertiary/aromatic N) is 2. The Kier molecular flexibility index (Phi) is 4.95. The topological polar surface area (TPSA) is 66.9 Å². The second-order valence-corrected chi connectivity index (χ2v) is 3.54. The van der Waals surface area contributed by atoms with E-state index in [0.717, 1.165) is 12.8 Å². The second-order valence-electron chi connectivity index (χ2n) is 3.54. The van der Waals surface area contributed by atoms with Crippen LogP contribution in [0.4, 0.5) is 5.82 Å². The first-order valence-electron chi connectivity index (χ1n) is 5.49. The Hall–Kier alpha value is -2.09. The highest BCUT2D eigenvalue weighted by Gasteiger charge is 2.07. The minimum Gasteiger partial charge on any atom is -0.355 e. The van der Waals surface area contributed by atoms with Crippen LogP contribution in [0.15, 0.2) is 12.1 Å². The molecule has 0 fully saturated rings. The first kappa shape index (κ1) is 13.0. The highest BCUT2D eigenvalue weighted by atomic mass is 16.1. The number of aromatic nitrogens is 2. The van der Waals surface area contributed by atoms with Gasteiger partial charge in [-0.05, 0) is 18.6 Å². The first-order valence-corrected chi connectivity index (χ1v) is 5.49. The van der Waals surface area contributed by atoms with E-state index < -0.39 is 0 Å². The van der Waals surface area contributed by atoms with Crippen LogP contribution in [-0.4, -0.2) is 29.2 Å². The molecule has 1 aromatic heterocycles. The largest absolute Gasteiger partial charge is 0.355 e. The Bertz CT molecular complexity index is 408. The fraction of sp³-hybridized carbons (Fsp3) is 0.417. The lowest BCUT2D eigenvalue weighted by Crippen LogP contribution is -2.21. The van der Waals surface area contributed by atoms with Gasteiger partial charge in [0.25, 0.3) is 5.91 Å². The SMILES string of the molecule is C#CC(CCC)Nc1ccc(C(=O)NC)nn1. The Morgan fingerprint density at radius 2 is 2.29 bits per heavy atom. The Labute approximate surface area is 101 Å². The molecule has 0 aliphatic carbocycles. The number of rotatable bonds is 5. The third kappa shape index (κ3) is 3.76. The van der Waals surface area contributed by atoms with E-state index in [0.29, 0.717) is 5.82 Å². The van der Waals surface area contributed by atoms with Crippen molar-refractivity contribution in [3.05, 3.63) is 17.8 Å². The van der Waals surface area contributed by atoms with Gasteiger partial charge in [-0.2, -0.15) is 0 Å².